The van der Waals surface area contributed by atoms with E-state index in [1.165, 1.54) is 0 Å². The molecule has 0 fully saturated rings. The molecule has 0 atom stereocenters. The highest BCUT2D eigenvalue weighted by Crippen LogP contribution is 2.25. The Hall–Kier alpha value is -1.62. The molecule has 0 aliphatic rings. The normalized spacial score (nSPS) is 10.2. The third-order valence-corrected chi connectivity index (χ3v) is 2.49. The van der Waals surface area contributed by atoms with Crippen molar-refractivity contribution in [3.63, 3.8) is 0 Å². The molecular weight excluding hydrogens is 188 g/mol. The maximum absolute atomic E-state index is 10.4. The van der Waals surface area contributed by atoms with Crippen molar-refractivity contribution in [1.29, 1.82) is 0 Å². The smallest absolute Gasteiger partial charge is 0.410 e. The number of carboxylic acid groups (broad SMARTS) is 1. The largest absolute Gasteiger partial charge is 0.465 e. The van der Waals surface area contributed by atoms with E-state index >= 15 is 0 Å². The van der Waals surface area contributed by atoms with Crippen molar-refractivity contribution >= 4 is 33.3 Å². The van der Waals surface area contributed by atoms with Gasteiger partial charge in [-0.05, 0) is 17.5 Å². The molecule has 2 heterocycles. The second-order valence-corrected chi connectivity index (χ2v) is 3.37. The minimum Gasteiger partial charge on any atom is -0.465 e. The standard InChI is InChI=1S/C8H6N2O2S/c11-8(12)10-7-5-2-4-13-6(5)1-3-9-7/h1-4H,(H,9,10)(H,11,12). The summed E-state index contributed by atoms with van der Waals surface area (Å²) in [4.78, 5) is 14.3. The van der Waals surface area contributed by atoms with Crippen LogP contribution in [-0.2, 0) is 0 Å². The van der Waals surface area contributed by atoms with E-state index < -0.39 is 6.09 Å². The number of fused-ring (bicyclic) bond motifs is 1. The lowest BCUT2D eigenvalue weighted by Gasteiger charge is -1.99. The van der Waals surface area contributed by atoms with Crippen molar-refractivity contribution < 1.29 is 9.90 Å². The summed E-state index contributed by atoms with van der Waals surface area (Å²) < 4.78 is 1.03. The Morgan fingerprint density at radius 2 is 2.38 bits per heavy atom. The molecular formula is C8H6N2O2S. The van der Waals surface area contributed by atoms with E-state index in [4.69, 9.17) is 5.11 Å². The SMILES string of the molecule is O=C(O)Nc1nccc2sccc12. The van der Waals surface area contributed by atoms with Crippen LogP contribution in [-0.4, -0.2) is 16.2 Å². The van der Waals surface area contributed by atoms with Gasteiger partial charge in [0, 0.05) is 16.3 Å². The molecule has 0 spiro atoms. The van der Waals surface area contributed by atoms with Gasteiger partial charge in [0.25, 0.3) is 0 Å². The molecule has 0 radical (unpaired) electrons. The second kappa shape index (κ2) is 3.02. The number of hydrogen-bond donors (Lipinski definition) is 2. The number of rotatable bonds is 1. The number of anilines is 1. The highest BCUT2D eigenvalue weighted by molar-refractivity contribution is 7.17. The van der Waals surface area contributed by atoms with E-state index in [0.717, 1.165) is 10.1 Å². The molecule has 1 amide bonds. The molecule has 2 aromatic rings. The Morgan fingerprint density at radius 3 is 3.15 bits per heavy atom. The van der Waals surface area contributed by atoms with Crippen LogP contribution in [0.3, 0.4) is 0 Å². The lowest BCUT2D eigenvalue weighted by molar-refractivity contribution is 0.209. The third kappa shape index (κ3) is 1.46. The molecule has 2 aromatic heterocycles. The van der Waals surface area contributed by atoms with Crippen LogP contribution in [0.25, 0.3) is 10.1 Å². The molecule has 2 N–H and O–H groups in total. The zero-order chi connectivity index (χ0) is 9.26. The Labute approximate surface area is 77.8 Å². The predicted octanol–water partition coefficient (Wildman–Crippen LogP) is 2.39. The van der Waals surface area contributed by atoms with Gasteiger partial charge in [-0.3, -0.25) is 5.32 Å². The molecule has 66 valence electrons. The fourth-order valence-corrected chi connectivity index (χ4v) is 1.88. The lowest BCUT2D eigenvalue weighted by atomic mass is 10.3. The number of nitrogens with one attached hydrogen (secondary N) is 1. The number of nitrogens with zero attached hydrogens (tertiary/aromatic N) is 1. The van der Waals surface area contributed by atoms with Crippen LogP contribution in [0.2, 0.25) is 0 Å². The number of hydrogen-bond acceptors (Lipinski definition) is 3. The fourth-order valence-electron chi connectivity index (χ4n) is 1.10. The van der Waals surface area contributed by atoms with Gasteiger partial charge < -0.3 is 5.11 Å². The van der Waals surface area contributed by atoms with Crippen LogP contribution in [0.1, 0.15) is 0 Å². The van der Waals surface area contributed by atoms with E-state index in [1.807, 2.05) is 17.5 Å². The topological polar surface area (TPSA) is 62.2 Å². The molecule has 0 bridgehead atoms. The number of thiophene rings is 1. The summed E-state index contributed by atoms with van der Waals surface area (Å²) in [5, 5.41) is 13.5. The van der Waals surface area contributed by atoms with Crippen LogP contribution in [0.4, 0.5) is 10.6 Å². The minimum atomic E-state index is -1.09. The number of carbonyl (C=O) groups is 1. The first-order chi connectivity index (χ1) is 6.27. The van der Waals surface area contributed by atoms with Gasteiger partial charge in [-0.25, -0.2) is 9.78 Å². The fraction of sp³-hybridized carbons (Fsp3) is 0. The predicted molar refractivity (Wildman–Crippen MR) is 51.3 cm³/mol. The summed E-state index contributed by atoms with van der Waals surface area (Å²) in [7, 11) is 0. The molecule has 0 aliphatic heterocycles. The van der Waals surface area contributed by atoms with Gasteiger partial charge >= 0.3 is 6.09 Å². The molecule has 0 saturated heterocycles. The summed E-state index contributed by atoms with van der Waals surface area (Å²) in [6.07, 6.45) is 0.496. The highest BCUT2D eigenvalue weighted by Gasteiger charge is 2.04. The number of pyridine rings is 1. The molecule has 5 heteroatoms. The van der Waals surface area contributed by atoms with Gasteiger partial charge in [0.1, 0.15) is 5.82 Å². The molecule has 0 saturated carbocycles. The molecule has 0 aliphatic carbocycles. The van der Waals surface area contributed by atoms with Crippen molar-refractivity contribution in [2.75, 3.05) is 5.32 Å². The van der Waals surface area contributed by atoms with Gasteiger partial charge in [-0.15, -0.1) is 11.3 Å². The van der Waals surface area contributed by atoms with E-state index in [1.54, 1.807) is 17.5 Å². The average Bonchev–Trinajstić information content (AvgIpc) is 2.51. The minimum absolute atomic E-state index is 0.395. The molecule has 0 aromatic carbocycles. The van der Waals surface area contributed by atoms with Crippen LogP contribution >= 0.6 is 11.3 Å². The first-order valence-electron chi connectivity index (χ1n) is 3.59. The Balaban J connectivity index is 2.54. The van der Waals surface area contributed by atoms with E-state index in [-0.39, 0.29) is 0 Å². The first kappa shape index (κ1) is 8.00. The van der Waals surface area contributed by atoms with E-state index in [2.05, 4.69) is 10.3 Å². The monoisotopic (exact) mass is 194 g/mol. The first-order valence-corrected chi connectivity index (χ1v) is 4.47. The maximum atomic E-state index is 10.4. The Bertz CT molecular complexity index is 452. The van der Waals surface area contributed by atoms with Gasteiger partial charge in [-0.1, -0.05) is 0 Å². The molecule has 0 unspecified atom stereocenters. The van der Waals surface area contributed by atoms with E-state index in [0.29, 0.717) is 5.82 Å². The van der Waals surface area contributed by atoms with E-state index in [9.17, 15) is 4.79 Å². The van der Waals surface area contributed by atoms with Gasteiger partial charge in [0.15, 0.2) is 0 Å². The van der Waals surface area contributed by atoms with Crippen molar-refractivity contribution in [1.82, 2.24) is 4.98 Å². The summed E-state index contributed by atoms with van der Waals surface area (Å²) in [6, 6.07) is 3.70. The van der Waals surface area contributed by atoms with Crippen LogP contribution < -0.4 is 5.32 Å². The summed E-state index contributed by atoms with van der Waals surface area (Å²) in [5.41, 5.74) is 0. The Kier molecular flexibility index (Phi) is 1.86. The second-order valence-electron chi connectivity index (χ2n) is 2.42. The molecule has 4 nitrogen and oxygen atoms in total. The molecule has 13 heavy (non-hydrogen) atoms. The van der Waals surface area contributed by atoms with Gasteiger partial charge in [0.05, 0.1) is 0 Å². The van der Waals surface area contributed by atoms with Gasteiger partial charge in [-0.2, -0.15) is 0 Å². The van der Waals surface area contributed by atoms with Crippen molar-refractivity contribution in [3.05, 3.63) is 23.7 Å². The summed E-state index contributed by atoms with van der Waals surface area (Å²) >= 11 is 1.56. The maximum Gasteiger partial charge on any atom is 0.410 e. The quantitative estimate of drug-likeness (QED) is 0.732. The van der Waals surface area contributed by atoms with Gasteiger partial charge in [0.2, 0.25) is 0 Å². The van der Waals surface area contributed by atoms with Crippen molar-refractivity contribution in [2.45, 2.75) is 0 Å². The average molecular weight is 194 g/mol. The zero-order valence-corrected chi connectivity index (χ0v) is 7.34. The van der Waals surface area contributed by atoms with Crippen molar-refractivity contribution in [3.8, 4) is 0 Å². The molecule has 2 rings (SSSR count). The van der Waals surface area contributed by atoms with Crippen molar-refractivity contribution in [2.24, 2.45) is 0 Å². The third-order valence-electron chi connectivity index (χ3n) is 1.61. The van der Waals surface area contributed by atoms with Crippen LogP contribution in [0.5, 0.6) is 0 Å². The Morgan fingerprint density at radius 1 is 1.54 bits per heavy atom. The summed E-state index contributed by atoms with van der Waals surface area (Å²) in [6.45, 7) is 0. The number of amides is 1. The number of aromatic nitrogens is 1. The highest BCUT2D eigenvalue weighted by atomic mass is 32.1. The lowest BCUT2D eigenvalue weighted by Crippen LogP contribution is -2.08. The van der Waals surface area contributed by atoms with Crippen LogP contribution in [0, 0.1) is 0 Å². The van der Waals surface area contributed by atoms with Crippen LogP contribution in [0.15, 0.2) is 23.7 Å². The summed E-state index contributed by atoms with van der Waals surface area (Å²) in [5.74, 6) is 0.395. The zero-order valence-electron chi connectivity index (χ0n) is 6.52.